The van der Waals surface area contributed by atoms with E-state index in [0.29, 0.717) is 0 Å². The Morgan fingerprint density at radius 3 is 2.41 bits per heavy atom. The molecule has 1 saturated carbocycles. The number of piperazine rings is 1. The van der Waals surface area contributed by atoms with Crippen molar-refractivity contribution in [3.8, 4) is 0 Å². The van der Waals surface area contributed by atoms with E-state index in [0.717, 1.165) is 31.4 Å². The first-order valence-electron chi connectivity index (χ1n) is 11.2. The Morgan fingerprint density at radius 2 is 1.72 bits per heavy atom. The first-order valence-corrected chi connectivity index (χ1v) is 11.2. The van der Waals surface area contributed by atoms with E-state index >= 15 is 0 Å². The lowest BCUT2D eigenvalue weighted by molar-refractivity contribution is 0.103. The molecule has 154 valence electrons. The van der Waals surface area contributed by atoms with Crippen LogP contribution in [-0.4, -0.2) is 48.6 Å². The molecule has 3 nitrogen and oxygen atoms in total. The fraction of sp³-hybridized carbons (Fsp3) is 0.462. The summed E-state index contributed by atoms with van der Waals surface area (Å²) in [7, 11) is 0. The van der Waals surface area contributed by atoms with Gasteiger partial charge in [0.1, 0.15) is 0 Å². The summed E-state index contributed by atoms with van der Waals surface area (Å²) in [5.74, 6) is 0. The molecule has 4 rings (SSSR count). The molecule has 0 spiro atoms. The Hall–Kier alpha value is -2.10. The van der Waals surface area contributed by atoms with Gasteiger partial charge in [0, 0.05) is 55.7 Å². The van der Waals surface area contributed by atoms with Gasteiger partial charge in [0.2, 0.25) is 0 Å². The number of hydrogen-bond acceptors (Lipinski definition) is 3. The van der Waals surface area contributed by atoms with Gasteiger partial charge in [0.25, 0.3) is 0 Å². The number of fused-ring (bicyclic) bond motifs is 1. The van der Waals surface area contributed by atoms with Gasteiger partial charge >= 0.3 is 0 Å². The first kappa shape index (κ1) is 20.2. The SMILES string of the molecule is C=C(N/C(=C\C)CN1CCN(C2CCCC2)CC1)c1ccc(C)c2ccccc12. The Morgan fingerprint density at radius 1 is 1.03 bits per heavy atom. The maximum atomic E-state index is 4.37. The molecule has 0 aromatic heterocycles. The van der Waals surface area contributed by atoms with Gasteiger partial charge in [-0.15, -0.1) is 0 Å². The highest BCUT2D eigenvalue weighted by molar-refractivity contribution is 5.95. The minimum atomic E-state index is 0.853. The van der Waals surface area contributed by atoms with E-state index in [1.165, 1.54) is 66.4 Å². The van der Waals surface area contributed by atoms with E-state index in [2.05, 4.69) is 78.0 Å². The summed E-state index contributed by atoms with van der Waals surface area (Å²) in [5.41, 5.74) is 4.73. The van der Waals surface area contributed by atoms with Crippen LogP contribution in [0.3, 0.4) is 0 Å². The molecule has 1 N–H and O–H groups in total. The summed E-state index contributed by atoms with van der Waals surface area (Å²) < 4.78 is 0. The molecule has 0 unspecified atom stereocenters. The van der Waals surface area contributed by atoms with E-state index in [1.54, 1.807) is 0 Å². The van der Waals surface area contributed by atoms with Crippen molar-refractivity contribution in [2.24, 2.45) is 0 Å². The van der Waals surface area contributed by atoms with Gasteiger partial charge in [-0.05, 0) is 43.0 Å². The van der Waals surface area contributed by atoms with Crippen LogP contribution in [0, 0.1) is 6.92 Å². The predicted molar refractivity (Wildman–Crippen MR) is 125 cm³/mol. The van der Waals surface area contributed by atoms with Crippen molar-refractivity contribution >= 4 is 16.5 Å². The molecule has 29 heavy (non-hydrogen) atoms. The van der Waals surface area contributed by atoms with Crippen LogP contribution in [0.15, 0.2) is 54.8 Å². The van der Waals surface area contributed by atoms with Crippen LogP contribution >= 0.6 is 0 Å². The van der Waals surface area contributed by atoms with Gasteiger partial charge in [-0.2, -0.15) is 0 Å². The summed E-state index contributed by atoms with van der Waals surface area (Å²) in [6, 6.07) is 13.9. The van der Waals surface area contributed by atoms with Crippen LogP contribution < -0.4 is 5.32 Å². The zero-order chi connectivity index (χ0) is 20.2. The molecule has 0 bridgehead atoms. The molecular weight excluding hydrogens is 354 g/mol. The quantitative estimate of drug-likeness (QED) is 0.735. The van der Waals surface area contributed by atoms with E-state index < -0.39 is 0 Å². The summed E-state index contributed by atoms with van der Waals surface area (Å²) in [6.07, 6.45) is 7.86. The van der Waals surface area contributed by atoms with Crippen molar-refractivity contribution in [1.29, 1.82) is 0 Å². The standard InChI is InChI=1S/C26H35N3/c1-4-22(19-28-15-17-29(18-16-28)23-9-5-6-10-23)27-21(3)25-14-13-20(2)24-11-7-8-12-26(24)25/h4,7-8,11-14,23,27H,3,5-6,9-10,15-19H2,1-2H3/b22-4-. The molecule has 0 amide bonds. The molecule has 3 heteroatoms. The van der Waals surface area contributed by atoms with Gasteiger partial charge in [-0.3, -0.25) is 9.80 Å². The number of allylic oxidation sites excluding steroid dienone is 1. The highest BCUT2D eigenvalue weighted by Gasteiger charge is 2.26. The molecule has 2 aromatic carbocycles. The molecule has 1 heterocycles. The predicted octanol–water partition coefficient (Wildman–Crippen LogP) is 5.17. The van der Waals surface area contributed by atoms with E-state index in [1.807, 2.05) is 0 Å². The molecule has 2 aliphatic rings. The fourth-order valence-electron chi connectivity index (χ4n) is 4.97. The zero-order valence-electron chi connectivity index (χ0n) is 18.1. The summed E-state index contributed by atoms with van der Waals surface area (Å²) in [5, 5.41) is 6.19. The van der Waals surface area contributed by atoms with Crippen molar-refractivity contribution in [1.82, 2.24) is 15.1 Å². The van der Waals surface area contributed by atoms with Crippen molar-refractivity contribution in [2.75, 3.05) is 32.7 Å². The maximum absolute atomic E-state index is 4.37. The first-order chi connectivity index (χ1) is 14.2. The second-order valence-corrected chi connectivity index (χ2v) is 8.64. The number of nitrogens with zero attached hydrogens (tertiary/aromatic N) is 2. The molecule has 2 aromatic rings. The average Bonchev–Trinajstić information content (AvgIpc) is 3.29. The van der Waals surface area contributed by atoms with Crippen molar-refractivity contribution in [2.45, 2.75) is 45.6 Å². The monoisotopic (exact) mass is 389 g/mol. The molecule has 1 aliphatic carbocycles. The van der Waals surface area contributed by atoms with E-state index in [4.69, 9.17) is 0 Å². The summed E-state index contributed by atoms with van der Waals surface area (Å²) in [6.45, 7) is 14.4. The minimum Gasteiger partial charge on any atom is -0.358 e. The number of aryl methyl sites for hydroxylation is 1. The third-order valence-corrected chi connectivity index (χ3v) is 6.77. The molecule has 0 atom stereocenters. The maximum Gasteiger partial charge on any atom is 0.0388 e. The average molecular weight is 390 g/mol. The lowest BCUT2D eigenvalue weighted by atomic mass is 9.98. The second kappa shape index (κ2) is 9.15. The van der Waals surface area contributed by atoms with Crippen LogP contribution in [0.1, 0.15) is 43.7 Å². The topological polar surface area (TPSA) is 18.5 Å². The molecule has 1 saturated heterocycles. The molecular formula is C26H35N3. The van der Waals surface area contributed by atoms with Gasteiger partial charge in [-0.1, -0.05) is 61.9 Å². The van der Waals surface area contributed by atoms with Crippen LogP contribution in [0.25, 0.3) is 16.5 Å². The Labute approximate surface area is 176 Å². The number of nitrogens with one attached hydrogen (secondary N) is 1. The molecule has 2 fully saturated rings. The Bertz CT molecular complexity index is 884. The van der Waals surface area contributed by atoms with Crippen molar-refractivity contribution < 1.29 is 0 Å². The summed E-state index contributed by atoms with van der Waals surface area (Å²) in [4.78, 5) is 5.30. The third-order valence-electron chi connectivity index (χ3n) is 6.77. The number of benzene rings is 2. The summed E-state index contributed by atoms with van der Waals surface area (Å²) >= 11 is 0. The number of rotatable bonds is 6. The Balaban J connectivity index is 1.37. The third kappa shape index (κ3) is 4.57. The molecule has 0 radical (unpaired) electrons. The lowest BCUT2D eigenvalue weighted by Crippen LogP contribution is -2.50. The van der Waals surface area contributed by atoms with E-state index in [9.17, 15) is 0 Å². The van der Waals surface area contributed by atoms with Crippen molar-refractivity contribution in [3.63, 3.8) is 0 Å². The zero-order valence-corrected chi connectivity index (χ0v) is 18.1. The highest BCUT2D eigenvalue weighted by Crippen LogP contribution is 2.27. The van der Waals surface area contributed by atoms with Crippen LogP contribution in [0.4, 0.5) is 0 Å². The number of hydrogen-bond donors (Lipinski definition) is 1. The minimum absolute atomic E-state index is 0.853. The second-order valence-electron chi connectivity index (χ2n) is 8.64. The van der Waals surface area contributed by atoms with Crippen LogP contribution in [0.2, 0.25) is 0 Å². The Kier molecular flexibility index (Phi) is 6.37. The largest absolute Gasteiger partial charge is 0.358 e. The fourth-order valence-corrected chi connectivity index (χ4v) is 4.97. The van der Waals surface area contributed by atoms with Crippen molar-refractivity contribution in [3.05, 3.63) is 65.9 Å². The van der Waals surface area contributed by atoms with Crippen LogP contribution in [0.5, 0.6) is 0 Å². The van der Waals surface area contributed by atoms with Gasteiger partial charge in [0.15, 0.2) is 0 Å². The lowest BCUT2D eigenvalue weighted by Gasteiger charge is -2.38. The highest BCUT2D eigenvalue weighted by atomic mass is 15.3. The van der Waals surface area contributed by atoms with Gasteiger partial charge < -0.3 is 5.32 Å². The van der Waals surface area contributed by atoms with Crippen LogP contribution in [-0.2, 0) is 0 Å². The molecule has 1 aliphatic heterocycles. The smallest absolute Gasteiger partial charge is 0.0388 e. The normalized spacial score (nSPS) is 19.7. The van der Waals surface area contributed by atoms with Gasteiger partial charge in [0.05, 0.1) is 0 Å². The van der Waals surface area contributed by atoms with Gasteiger partial charge in [-0.25, -0.2) is 0 Å². The van der Waals surface area contributed by atoms with E-state index in [-0.39, 0.29) is 0 Å².